The van der Waals surface area contributed by atoms with Gasteiger partial charge in [-0.25, -0.2) is 30.0 Å². The lowest BCUT2D eigenvalue weighted by molar-refractivity contribution is -0.137. The van der Waals surface area contributed by atoms with E-state index in [4.69, 9.17) is 11.6 Å². The van der Waals surface area contributed by atoms with Crippen LogP contribution in [0.1, 0.15) is 24.1 Å². The molecule has 0 aliphatic heterocycles. The molecule has 3 rings (SSSR count). The van der Waals surface area contributed by atoms with Gasteiger partial charge in [-0.15, -0.1) is 0 Å². The number of halogens is 4. The zero-order valence-corrected chi connectivity index (χ0v) is 22.6. The third-order valence-electron chi connectivity index (χ3n) is 5.67. The van der Waals surface area contributed by atoms with Gasteiger partial charge in [0.25, 0.3) is 10.0 Å². The van der Waals surface area contributed by atoms with Gasteiger partial charge >= 0.3 is 5.97 Å². The second kappa shape index (κ2) is 11.7. The van der Waals surface area contributed by atoms with Gasteiger partial charge in [0.05, 0.1) is 29.5 Å². The van der Waals surface area contributed by atoms with Crippen molar-refractivity contribution in [1.29, 1.82) is 0 Å². The number of methoxy groups -OCH3 is 1. The first-order valence-corrected chi connectivity index (χ1v) is 14.7. The highest BCUT2D eigenvalue weighted by molar-refractivity contribution is 7.93. The van der Waals surface area contributed by atoms with Crippen molar-refractivity contribution < 1.29 is 39.5 Å². The molecule has 0 saturated heterocycles. The molecule has 0 bridgehead atoms. The smallest absolute Gasteiger partial charge is 0.320 e. The number of hydrogen-bond acceptors (Lipinski definition) is 6. The number of esters is 1. The highest BCUT2D eigenvalue weighted by atomic mass is 35.5. The van der Waals surface area contributed by atoms with E-state index in [1.807, 2.05) is 0 Å². The van der Waals surface area contributed by atoms with Crippen LogP contribution in [0.2, 0.25) is 5.02 Å². The summed E-state index contributed by atoms with van der Waals surface area (Å²) in [4.78, 5) is 11.2. The summed E-state index contributed by atoms with van der Waals surface area (Å²) in [6, 6.07) is 9.36. The lowest BCUT2D eigenvalue weighted by atomic mass is 9.99. The van der Waals surface area contributed by atoms with Crippen LogP contribution >= 0.6 is 11.6 Å². The van der Waals surface area contributed by atoms with Crippen molar-refractivity contribution in [1.82, 2.24) is 0 Å². The molecule has 3 aromatic carbocycles. The van der Waals surface area contributed by atoms with Gasteiger partial charge in [-0.3, -0.25) is 9.10 Å². The van der Waals surface area contributed by atoms with Gasteiger partial charge in [0.2, 0.25) is 0 Å². The number of sulfone groups is 1. The molecule has 0 amide bonds. The SMILES string of the molecule is COC(=O)CS(=O)(=O)CCc1cc(F)ccc1C(C)N(c1cc(F)ccc1F)S(=O)(=O)c1ccc(Cl)cc1. The number of rotatable bonds is 10. The molecular formula is C25H23ClF3NO6S2. The molecule has 0 saturated carbocycles. The maximum atomic E-state index is 15.0. The molecule has 0 spiro atoms. The Hall–Kier alpha value is -3.09. The molecule has 0 aromatic heterocycles. The molecule has 13 heteroatoms. The van der Waals surface area contributed by atoms with Crippen molar-refractivity contribution >= 4 is 43.1 Å². The normalized spacial score (nSPS) is 12.7. The van der Waals surface area contributed by atoms with Crippen molar-refractivity contribution in [2.45, 2.75) is 24.3 Å². The molecule has 3 aromatic rings. The van der Waals surface area contributed by atoms with Crippen LogP contribution in [0.5, 0.6) is 0 Å². The number of carbonyl (C=O) groups is 1. The molecule has 1 unspecified atom stereocenters. The standard InChI is InChI=1S/C25H23ClF3NO6S2/c1-16(22-9-5-19(27)13-17(22)11-12-37(32,33)15-25(31)36-2)30(24-14-20(28)6-10-23(24)29)38(34,35)21-7-3-18(26)4-8-21/h3-10,13-14,16H,11-12,15H2,1-2H3. The zero-order valence-electron chi connectivity index (χ0n) is 20.2. The molecule has 0 radical (unpaired) electrons. The van der Waals surface area contributed by atoms with Gasteiger partial charge in [-0.1, -0.05) is 17.7 Å². The maximum absolute atomic E-state index is 15.0. The van der Waals surface area contributed by atoms with Gasteiger partial charge in [0.1, 0.15) is 23.2 Å². The Labute approximate surface area is 223 Å². The summed E-state index contributed by atoms with van der Waals surface area (Å²) in [6.07, 6.45) is -0.294. The Kier molecular flexibility index (Phi) is 9.11. The van der Waals surface area contributed by atoms with Crippen LogP contribution in [-0.4, -0.2) is 41.4 Å². The van der Waals surface area contributed by atoms with E-state index in [2.05, 4.69) is 4.74 Å². The van der Waals surface area contributed by atoms with E-state index in [1.165, 1.54) is 37.3 Å². The Balaban J connectivity index is 2.13. The van der Waals surface area contributed by atoms with Crippen LogP contribution in [0, 0.1) is 17.5 Å². The average Bonchev–Trinajstić information content (AvgIpc) is 2.85. The quantitative estimate of drug-likeness (QED) is 0.314. The third kappa shape index (κ3) is 6.86. The van der Waals surface area contributed by atoms with Crippen molar-refractivity contribution in [2.24, 2.45) is 0 Å². The third-order valence-corrected chi connectivity index (χ3v) is 9.32. The summed E-state index contributed by atoms with van der Waals surface area (Å²) >= 11 is 5.88. The first kappa shape index (κ1) is 29.5. The Morgan fingerprint density at radius 3 is 2.18 bits per heavy atom. The Morgan fingerprint density at radius 1 is 0.947 bits per heavy atom. The summed E-state index contributed by atoms with van der Waals surface area (Å²) in [5.41, 5.74) is -0.374. The molecule has 0 heterocycles. The van der Waals surface area contributed by atoms with Crippen molar-refractivity contribution in [3.63, 3.8) is 0 Å². The van der Waals surface area contributed by atoms with Crippen LogP contribution in [0.3, 0.4) is 0 Å². The highest BCUT2D eigenvalue weighted by Gasteiger charge is 2.34. The summed E-state index contributed by atoms with van der Waals surface area (Å²) in [6.45, 7) is 1.37. The minimum Gasteiger partial charge on any atom is -0.468 e. The van der Waals surface area contributed by atoms with E-state index >= 15 is 0 Å². The van der Waals surface area contributed by atoms with E-state index in [0.29, 0.717) is 10.4 Å². The van der Waals surface area contributed by atoms with Crippen LogP contribution in [-0.2, 0) is 35.8 Å². The number of benzene rings is 3. The lowest BCUT2D eigenvalue weighted by Gasteiger charge is -2.32. The predicted octanol–water partition coefficient (Wildman–Crippen LogP) is 4.84. The fourth-order valence-corrected chi connectivity index (χ4v) is 6.74. The summed E-state index contributed by atoms with van der Waals surface area (Å²) in [5.74, 6) is -5.12. The van der Waals surface area contributed by atoms with E-state index in [9.17, 15) is 34.8 Å². The topological polar surface area (TPSA) is 97.8 Å². The number of carbonyl (C=O) groups excluding carboxylic acids is 1. The zero-order chi connectivity index (χ0) is 28.3. The summed E-state index contributed by atoms with van der Waals surface area (Å²) in [7, 11) is -7.48. The summed E-state index contributed by atoms with van der Waals surface area (Å²) < 4.78 is 101. The first-order chi connectivity index (χ1) is 17.7. The van der Waals surface area contributed by atoms with Crippen molar-refractivity contribution in [2.75, 3.05) is 22.9 Å². The molecular weight excluding hydrogens is 567 g/mol. The van der Waals surface area contributed by atoms with E-state index < -0.39 is 66.5 Å². The van der Waals surface area contributed by atoms with Gasteiger partial charge in [-0.05, 0) is 73.0 Å². The van der Waals surface area contributed by atoms with Crippen LogP contribution < -0.4 is 4.31 Å². The predicted molar refractivity (Wildman–Crippen MR) is 137 cm³/mol. The van der Waals surface area contributed by atoms with Gasteiger partial charge < -0.3 is 4.74 Å². The van der Waals surface area contributed by atoms with E-state index in [-0.39, 0.29) is 27.5 Å². The number of sulfonamides is 1. The monoisotopic (exact) mass is 589 g/mol. The van der Waals surface area contributed by atoms with E-state index in [0.717, 1.165) is 31.4 Å². The minimum atomic E-state index is -4.55. The molecule has 0 aliphatic rings. The Bertz CT molecular complexity index is 1550. The molecule has 7 nitrogen and oxygen atoms in total. The van der Waals surface area contributed by atoms with Crippen molar-refractivity contribution in [3.8, 4) is 0 Å². The minimum absolute atomic E-state index is 0.0964. The first-order valence-electron chi connectivity index (χ1n) is 11.1. The number of hydrogen-bond donors (Lipinski definition) is 0. The fourth-order valence-electron chi connectivity index (χ4n) is 3.82. The number of aryl methyl sites for hydroxylation is 1. The number of ether oxygens (including phenoxy) is 1. The highest BCUT2D eigenvalue weighted by Crippen LogP contribution is 2.37. The van der Waals surface area contributed by atoms with Crippen LogP contribution in [0.25, 0.3) is 0 Å². The van der Waals surface area contributed by atoms with Gasteiger partial charge in [0, 0.05) is 11.1 Å². The van der Waals surface area contributed by atoms with Crippen molar-refractivity contribution in [3.05, 3.63) is 94.3 Å². The molecule has 0 N–H and O–H groups in total. The molecule has 1 atom stereocenters. The van der Waals surface area contributed by atoms with Gasteiger partial charge in [-0.2, -0.15) is 0 Å². The second-order valence-electron chi connectivity index (χ2n) is 8.29. The number of nitrogens with zero attached hydrogens (tertiary/aromatic N) is 1. The lowest BCUT2D eigenvalue weighted by Crippen LogP contribution is -2.35. The molecule has 0 aliphatic carbocycles. The van der Waals surface area contributed by atoms with Crippen LogP contribution in [0.4, 0.5) is 18.9 Å². The summed E-state index contributed by atoms with van der Waals surface area (Å²) in [5, 5.41) is 0.245. The second-order valence-corrected chi connectivity index (χ2v) is 12.7. The van der Waals surface area contributed by atoms with Gasteiger partial charge in [0.15, 0.2) is 9.84 Å². The fraction of sp³-hybridized carbons (Fsp3) is 0.240. The van der Waals surface area contributed by atoms with E-state index in [1.54, 1.807) is 0 Å². The molecule has 0 fully saturated rings. The maximum Gasteiger partial charge on any atom is 0.320 e. The Morgan fingerprint density at radius 2 is 1.55 bits per heavy atom. The van der Waals surface area contributed by atoms with Crippen LogP contribution in [0.15, 0.2) is 65.6 Å². The number of anilines is 1. The molecule has 38 heavy (non-hydrogen) atoms. The molecule has 204 valence electrons. The largest absolute Gasteiger partial charge is 0.468 e. The average molecular weight is 590 g/mol.